The van der Waals surface area contributed by atoms with Gasteiger partial charge in [0.15, 0.2) is 0 Å². The number of carbonyl (C=O) groups excluding carboxylic acids is 1. The van der Waals surface area contributed by atoms with Gasteiger partial charge in [-0.2, -0.15) is 0 Å². The molecule has 3 aromatic carbocycles. The van der Waals surface area contributed by atoms with E-state index in [-0.39, 0.29) is 11.9 Å². The third kappa shape index (κ3) is 5.65. The lowest BCUT2D eigenvalue weighted by Gasteiger charge is -2.16. The van der Waals surface area contributed by atoms with Crippen molar-refractivity contribution in [1.82, 2.24) is 5.16 Å². The van der Waals surface area contributed by atoms with Crippen molar-refractivity contribution in [3.63, 3.8) is 0 Å². The molecule has 4 aromatic rings. The lowest BCUT2D eigenvalue weighted by Crippen LogP contribution is -2.13. The number of aryl methyl sites for hydroxylation is 2. The summed E-state index contributed by atoms with van der Waals surface area (Å²) in [6.07, 6.45) is 0. The van der Waals surface area contributed by atoms with Crippen LogP contribution in [0.15, 0.2) is 88.3 Å². The molecule has 0 saturated heterocycles. The van der Waals surface area contributed by atoms with E-state index < -0.39 is 0 Å². The Morgan fingerprint density at radius 3 is 2.30 bits per heavy atom. The zero-order chi connectivity index (χ0) is 23.2. The molecule has 0 aliphatic rings. The molecule has 1 heterocycles. The van der Waals surface area contributed by atoms with Crippen LogP contribution in [-0.2, 0) is 5.75 Å². The lowest BCUT2D eigenvalue weighted by atomic mass is 10.1. The summed E-state index contributed by atoms with van der Waals surface area (Å²) in [7, 11) is 0. The minimum absolute atomic E-state index is 0.129. The number of rotatable bonds is 8. The topological polar surface area (TPSA) is 67.2 Å². The van der Waals surface area contributed by atoms with Crippen molar-refractivity contribution in [2.24, 2.45) is 0 Å². The predicted octanol–water partition coefficient (Wildman–Crippen LogP) is 7.01. The number of carbonyl (C=O) groups is 1. The molecule has 5 nitrogen and oxygen atoms in total. The minimum atomic E-state index is -0.129. The van der Waals surface area contributed by atoms with Gasteiger partial charge in [-0.05, 0) is 62.7 Å². The number of benzene rings is 3. The Morgan fingerprint density at radius 2 is 1.61 bits per heavy atom. The Labute approximate surface area is 198 Å². The highest BCUT2D eigenvalue weighted by molar-refractivity contribution is 7.98. The van der Waals surface area contributed by atoms with Crippen molar-refractivity contribution in [2.45, 2.75) is 37.5 Å². The summed E-state index contributed by atoms with van der Waals surface area (Å²) < 4.78 is 5.25. The Hall–Kier alpha value is -3.51. The number of anilines is 2. The fraction of sp³-hybridized carbons (Fsp3) is 0.185. The highest BCUT2D eigenvalue weighted by Gasteiger charge is 2.15. The molecule has 0 unspecified atom stereocenters. The SMILES string of the molecule is Cc1noc(C)c1CSc1ccccc1C(=O)Nc1ccc(N[C@H](C)c2ccccc2)cc1. The predicted molar refractivity (Wildman–Crippen MR) is 135 cm³/mol. The Bertz CT molecular complexity index is 1200. The molecule has 4 rings (SSSR count). The van der Waals surface area contributed by atoms with Crippen molar-refractivity contribution in [1.29, 1.82) is 0 Å². The van der Waals surface area contributed by atoms with Crippen LogP contribution in [0.25, 0.3) is 0 Å². The molecule has 0 radical (unpaired) electrons. The molecule has 2 N–H and O–H groups in total. The van der Waals surface area contributed by atoms with E-state index in [0.29, 0.717) is 11.3 Å². The van der Waals surface area contributed by atoms with Crippen LogP contribution >= 0.6 is 11.8 Å². The van der Waals surface area contributed by atoms with Crippen molar-refractivity contribution in [3.8, 4) is 0 Å². The first-order valence-corrected chi connectivity index (χ1v) is 11.9. The average Bonchev–Trinajstić information content (AvgIpc) is 3.16. The maximum Gasteiger partial charge on any atom is 0.256 e. The summed E-state index contributed by atoms with van der Waals surface area (Å²) in [5, 5.41) is 10.5. The molecule has 1 aromatic heterocycles. The van der Waals surface area contributed by atoms with Gasteiger partial charge in [-0.25, -0.2) is 0 Å². The van der Waals surface area contributed by atoms with Gasteiger partial charge in [-0.15, -0.1) is 11.8 Å². The van der Waals surface area contributed by atoms with Gasteiger partial charge >= 0.3 is 0 Å². The van der Waals surface area contributed by atoms with Gasteiger partial charge in [0.2, 0.25) is 0 Å². The summed E-state index contributed by atoms with van der Waals surface area (Å²) in [5.41, 5.74) is 5.58. The standard InChI is InChI=1S/C27H27N3O2S/c1-18(21-9-5-4-6-10-21)28-22-13-15-23(16-14-22)29-27(31)24-11-7-8-12-26(24)33-17-25-19(2)30-32-20(25)3/h4-16,18,28H,17H2,1-3H3,(H,29,31)/t18-/m1/s1. The number of nitrogens with one attached hydrogen (secondary N) is 2. The fourth-order valence-corrected chi connectivity index (χ4v) is 4.76. The Balaban J connectivity index is 1.40. The van der Waals surface area contributed by atoms with Gasteiger partial charge in [0.1, 0.15) is 5.76 Å². The van der Waals surface area contributed by atoms with Crippen LogP contribution in [-0.4, -0.2) is 11.1 Å². The van der Waals surface area contributed by atoms with Gasteiger partial charge in [0, 0.05) is 33.6 Å². The Morgan fingerprint density at radius 1 is 0.939 bits per heavy atom. The smallest absolute Gasteiger partial charge is 0.256 e. The first-order chi connectivity index (χ1) is 16.0. The van der Waals surface area contributed by atoms with E-state index in [1.807, 2.05) is 80.6 Å². The summed E-state index contributed by atoms with van der Waals surface area (Å²) in [6, 6.07) is 25.9. The second kappa shape index (κ2) is 10.4. The number of hydrogen-bond donors (Lipinski definition) is 2. The molecule has 33 heavy (non-hydrogen) atoms. The normalized spacial score (nSPS) is 11.7. The van der Waals surface area contributed by atoms with Crippen LogP contribution in [0.2, 0.25) is 0 Å². The minimum Gasteiger partial charge on any atom is -0.379 e. The van der Waals surface area contributed by atoms with Crippen LogP contribution in [0.3, 0.4) is 0 Å². The first-order valence-electron chi connectivity index (χ1n) is 10.9. The monoisotopic (exact) mass is 457 g/mol. The van der Waals surface area contributed by atoms with Gasteiger partial charge in [0.05, 0.1) is 11.3 Å². The summed E-state index contributed by atoms with van der Waals surface area (Å²) in [4.78, 5) is 13.9. The van der Waals surface area contributed by atoms with Gasteiger partial charge in [0.25, 0.3) is 5.91 Å². The van der Waals surface area contributed by atoms with E-state index >= 15 is 0 Å². The van der Waals surface area contributed by atoms with E-state index in [0.717, 1.165) is 33.3 Å². The Kier molecular flexibility index (Phi) is 7.15. The summed E-state index contributed by atoms with van der Waals surface area (Å²) >= 11 is 1.61. The average molecular weight is 458 g/mol. The number of amides is 1. The van der Waals surface area contributed by atoms with Crippen molar-refractivity contribution in [3.05, 3.63) is 107 Å². The van der Waals surface area contributed by atoms with E-state index in [2.05, 4.69) is 34.8 Å². The molecule has 0 bridgehead atoms. The molecule has 1 amide bonds. The van der Waals surface area contributed by atoms with Crippen LogP contribution < -0.4 is 10.6 Å². The van der Waals surface area contributed by atoms with E-state index in [1.54, 1.807) is 11.8 Å². The quantitative estimate of drug-likeness (QED) is 0.279. The van der Waals surface area contributed by atoms with Gasteiger partial charge in [-0.3, -0.25) is 4.79 Å². The molecule has 6 heteroatoms. The lowest BCUT2D eigenvalue weighted by molar-refractivity contribution is 0.102. The number of aromatic nitrogens is 1. The second-order valence-corrected chi connectivity index (χ2v) is 8.91. The van der Waals surface area contributed by atoms with Crippen molar-refractivity contribution >= 4 is 29.0 Å². The summed E-state index contributed by atoms with van der Waals surface area (Å²) in [6.45, 7) is 5.97. The molecular formula is C27H27N3O2S. The van der Waals surface area contributed by atoms with E-state index in [1.165, 1.54) is 5.56 Å². The molecule has 168 valence electrons. The summed E-state index contributed by atoms with van der Waals surface area (Å²) in [5.74, 6) is 1.39. The van der Waals surface area contributed by atoms with Crippen LogP contribution in [0, 0.1) is 13.8 Å². The highest BCUT2D eigenvalue weighted by atomic mass is 32.2. The molecule has 0 aliphatic carbocycles. The molecular weight excluding hydrogens is 430 g/mol. The number of nitrogens with zero attached hydrogens (tertiary/aromatic N) is 1. The molecule has 0 spiro atoms. The van der Waals surface area contributed by atoms with Gasteiger partial charge < -0.3 is 15.2 Å². The van der Waals surface area contributed by atoms with E-state index in [4.69, 9.17) is 4.52 Å². The van der Waals surface area contributed by atoms with Crippen LogP contribution in [0.4, 0.5) is 11.4 Å². The molecule has 0 saturated carbocycles. The maximum atomic E-state index is 13.0. The third-order valence-electron chi connectivity index (χ3n) is 5.51. The number of hydrogen-bond acceptors (Lipinski definition) is 5. The molecule has 1 atom stereocenters. The third-order valence-corrected chi connectivity index (χ3v) is 6.61. The fourth-order valence-electron chi connectivity index (χ4n) is 3.56. The highest BCUT2D eigenvalue weighted by Crippen LogP contribution is 2.29. The zero-order valence-corrected chi connectivity index (χ0v) is 19.8. The second-order valence-electron chi connectivity index (χ2n) is 7.90. The van der Waals surface area contributed by atoms with Crippen molar-refractivity contribution in [2.75, 3.05) is 10.6 Å². The number of thioether (sulfide) groups is 1. The first kappa shape index (κ1) is 22.7. The van der Waals surface area contributed by atoms with Crippen LogP contribution in [0.5, 0.6) is 0 Å². The van der Waals surface area contributed by atoms with Crippen molar-refractivity contribution < 1.29 is 9.32 Å². The molecule has 0 aliphatic heterocycles. The maximum absolute atomic E-state index is 13.0. The van der Waals surface area contributed by atoms with E-state index in [9.17, 15) is 4.79 Å². The molecule has 0 fully saturated rings. The zero-order valence-electron chi connectivity index (χ0n) is 19.0. The van der Waals surface area contributed by atoms with Crippen LogP contribution in [0.1, 0.15) is 45.9 Å². The largest absolute Gasteiger partial charge is 0.379 e. The van der Waals surface area contributed by atoms with Gasteiger partial charge in [-0.1, -0.05) is 47.6 Å².